The number of hydrogen-bond acceptors (Lipinski definition) is 4. The van der Waals surface area contributed by atoms with E-state index in [0.29, 0.717) is 0 Å². The summed E-state index contributed by atoms with van der Waals surface area (Å²) in [6.45, 7) is 0. The van der Waals surface area contributed by atoms with E-state index in [0.717, 1.165) is 5.56 Å². The summed E-state index contributed by atoms with van der Waals surface area (Å²) < 4.78 is 4.85. The van der Waals surface area contributed by atoms with Gasteiger partial charge in [-0.25, -0.2) is 0 Å². The summed E-state index contributed by atoms with van der Waals surface area (Å²) in [4.78, 5) is 14.5. The van der Waals surface area contributed by atoms with Crippen LogP contribution in [0.4, 0.5) is 0 Å². The van der Waals surface area contributed by atoms with Gasteiger partial charge in [0.1, 0.15) is 0 Å². The Morgan fingerprint density at radius 1 is 1.29 bits per heavy atom. The Balaban J connectivity index is 2.39. The number of carbonyl (C=O) groups excluding carboxylic acids is 1. The first-order valence-corrected chi connectivity index (χ1v) is 4.24. The fourth-order valence-electron chi connectivity index (χ4n) is 1.00. The van der Waals surface area contributed by atoms with E-state index in [4.69, 9.17) is 16.1 Å². The molecule has 1 aromatic carbocycles. The Bertz CT molecular complexity index is 453. The molecule has 0 amide bonds. The quantitative estimate of drug-likeness (QED) is 0.710. The van der Waals surface area contributed by atoms with Crippen molar-refractivity contribution in [3.05, 3.63) is 36.2 Å². The van der Waals surface area contributed by atoms with Crippen molar-refractivity contribution < 1.29 is 9.32 Å². The Labute approximate surface area is 84.5 Å². The van der Waals surface area contributed by atoms with E-state index >= 15 is 0 Å². The van der Waals surface area contributed by atoms with Crippen LogP contribution in [0.1, 0.15) is 10.6 Å². The Morgan fingerprint density at radius 2 is 2.00 bits per heavy atom. The maximum atomic E-state index is 10.7. The molecule has 1 aromatic heterocycles. The summed E-state index contributed by atoms with van der Waals surface area (Å²) in [7, 11) is 0. The van der Waals surface area contributed by atoms with Crippen LogP contribution in [-0.2, 0) is 0 Å². The van der Waals surface area contributed by atoms with Crippen LogP contribution < -0.4 is 0 Å². The normalized spacial score (nSPS) is 10.1. The second kappa shape index (κ2) is 3.59. The summed E-state index contributed by atoms with van der Waals surface area (Å²) in [5, 5.41) is 2.70. The number of hydrogen-bond donors (Lipinski definition) is 0. The largest absolute Gasteiger partial charge is 0.333 e. The topological polar surface area (TPSA) is 56.0 Å². The zero-order valence-corrected chi connectivity index (χ0v) is 7.73. The van der Waals surface area contributed by atoms with E-state index in [9.17, 15) is 4.79 Å². The van der Waals surface area contributed by atoms with Gasteiger partial charge < -0.3 is 4.52 Å². The molecule has 0 atom stereocenters. The molecule has 0 N–H and O–H groups in total. The highest BCUT2D eigenvalue weighted by Crippen LogP contribution is 2.16. The highest BCUT2D eigenvalue weighted by atomic mass is 35.5. The van der Waals surface area contributed by atoms with E-state index in [1.807, 2.05) is 18.2 Å². The molecule has 0 saturated heterocycles. The molecule has 0 aliphatic heterocycles. The highest BCUT2D eigenvalue weighted by Gasteiger charge is 2.12. The predicted molar refractivity (Wildman–Crippen MR) is 49.9 cm³/mol. The zero-order chi connectivity index (χ0) is 9.97. The van der Waals surface area contributed by atoms with Gasteiger partial charge in [-0.1, -0.05) is 23.4 Å². The summed E-state index contributed by atoms with van der Waals surface area (Å²) in [5.41, 5.74) is 0.754. The van der Waals surface area contributed by atoms with E-state index in [-0.39, 0.29) is 11.7 Å². The smallest absolute Gasteiger partial charge is 0.293 e. The van der Waals surface area contributed by atoms with Gasteiger partial charge in [-0.3, -0.25) is 4.79 Å². The van der Waals surface area contributed by atoms with E-state index in [2.05, 4.69) is 10.1 Å². The minimum absolute atomic E-state index is 0.120. The molecule has 0 aliphatic carbocycles. The van der Waals surface area contributed by atoms with Crippen molar-refractivity contribution in [3.63, 3.8) is 0 Å². The predicted octanol–water partition coefficient (Wildman–Crippen LogP) is 2.12. The molecule has 1 heterocycles. The van der Waals surface area contributed by atoms with Crippen molar-refractivity contribution in [2.24, 2.45) is 0 Å². The van der Waals surface area contributed by atoms with E-state index in [1.165, 1.54) is 0 Å². The molecular formula is C9H5ClN2O2. The molecule has 2 rings (SSSR count). The molecule has 14 heavy (non-hydrogen) atoms. The average molecular weight is 209 g/mol. The Kier molecular flexibility index (Phi) is 2.28. The van der Waals surface area contributed by atoms with Crippen LogP contribution in [-0.4, -0.2) is 15.4 Å². The molecule has 0 bridgehead atoms. The first-order chi connectivity index (χ1) is 6.77. The van der Waals surface area contributed by atoms with Crippen molar-refractivity contribution in [2.45, 2.75) is 0 Å². The Hall–Kier alpha value is -1.68. The van der Waals surface area contributed by atoms with Crippen molar-refractivity contribution in [2.75, 3.05) is 0 Å². The van der Waals surface area contributed by atoms with Gasteiger partial charge in [0, 0.05) is 5.56 Å². The van der Waals surface area contributed by atoms with Crippen molar-refractivity contribution in [3.8, 4) is 11.5 Å². The van der Waals surface area contributed by atoms with Gasteiger partial charge in [0.2, 0.25) is 0 Å². The van der Waals surface area contributed by atoms with Crippen LogP contribution >= 0.6 is 11.6 Å². The highest BCUT2D eigenvalue weighted by molar-refractivity contribution is 6.67. The molecule has 4 nitrogen and oxygen atoms in total. The molecule has 0 unspecified atom stereocenters. The minimum Gasteiger partial charge on any atom is -0.333 e. The van der Waals surface area contributed by atoms with Crippen molar-refractivity contribution >= 4 is 16.8 Å². The molecule has 5 heteroatoms. The van der Waals surface area contributed by atoms with Crippen LogP contribution in [0.25, 0.3) is 11.5 Å². The SMILES string of the molecule is O=C(Cl)c1noc(-c2ccccc2)n1. The monoisotopic (exact) mass is 208 g/mol. The molecule has 70 valence electrons. The van der Waals surface area contributed by atoms with Crippen molar-refractivity contribution in [1.29, 1.82) is 0 Å². The average Bonchev–Trinajstić information content (AvgIpc) is 2.68. The fraction of sp³-hybridized carbons (Fsp3) is 0. The summed E-state index contributed by atoms with van der Waals surface area (Å²) in [6, 6.07) is 9.14. The fourth-order valence-corrected chi connectivity index (χ4v) is 1.08. The van der Waals surface area contributed by atoms with Crippen LogP contribution in [0.5, 0.6) is 0 Å². The van der Waals surface area contributed by atoms with Crippen LogP contribution in [0.15, 0.2) is 34.9 Å². The van der Waals surface area contributed by atoms with Gasteiger partial charge in [-0.05, 0) is 23.7 Å². The Morgan fingerprint density at radius 3 is 2.57 bits per heavy atom. The molecule has 0 saturated carbocycles. The lowest BCUT2D eigenvalue weighted by Crippen LogP contribution is -1.90. The molecular weight excluding hydrogens is 204 g/mol. The third-order valence-electron chi connectivity index (χ3n) is 1.62. The minimum atomic E-state index is -0.726. The van der Waals surface area contributed by atoms with Crippen molar-refractivity contribution in [1.82, 2.24) is 10.1 Å². The van der Waals surface area contributed by atoms with Gasteiger partial charge in [-0.2, -0.15) is 4.98 Å². The van der Waals surface area contributed by atoms with Crippen LogP contribution in [0, 0.1) is 0 Å². The second-order valence-electron chi connectivity index (χ2n) is 2.56. The van der Waals surface area contributed by atoms with Crippen LogP contribution in [0.3, 0.4) is 0 Å². The number of nitrogens with zero attached hydrogens (tertiary/aromatic N) is 2. The molecule has 0 fully saturated rings. The lowest BCUT2D eigenvalue weighted by molar-refractivity contribution is 0.107. The number of rotatable bonds is 2. The lowest BCUT2D eigenvalue weighted by atomic mass is 10.2. The number of halogens is 1. The summed E-state index contributed by atoms with van der Waals surface area (Å²) in [5.74, 6) is 0.167. The lowest BCUT2D eigenvalue weighted by Gasteiger charge is -1.89. The third-order valence-corrected chi connectivity index (χ3v) is 1.79. The van der Waals surface area contributed by atoms with Gasteiger partial charge in [-0.15, -0.1) is 0 Å². The maximum absolute atomic E-state index is 10.7. The second-order valence-corrected chi connectivity index (χ2v) is 2.91. The first-order valence-electron chi connectivity index (χ1n) is 3.86. The molecule has 0 aliphatic rings. The van der Waals surface area contributed by atoms with Crippen LogP contribution in [0.2, 0.25) is 0 Å². The first kappa shape index (κ1) is 8.90. The standard InChI is InChI=1S/C9H5ClN2O2/c10-7(13)8-11-9(14-12-8)6-4-2-1-3-5-6/h1-5H. The zero-order valence-electron chi connectivity index (χ0n) is 6.98. The van der Waals surface area contributed by atoms with Gasteiger partial charge in [0.25, 0.3) is 17.0 Å². The van der Waals surface area contributed by atoms with Gasteiger partial charge >= 0.3 is 0 Å². The number of benzene rings is 1. The molecule has 0 spiro atoms. The van der Waals surface area contributed by atoms with Gasteiger partial charge in [0.15, 0.2) is 0 Å². The number of aromatic nitrogens is 2. The summed E-state index contributed by atoms with van der Waals surface area (Å²) in [6.07, 6.45) is 0. The van der Waals surface area contributed by atoms with Gasteiger partial charge in [0.05, 0.1) is 0 Å². The van der Waals surface area contributed by atoms with E-state index in [1.54, 1.807) is 12.1 Å². The maximum Gasteiger partial charge on any atom is 0.293 e. The third kappa shape index (κ3) is 1.65. The number of carbonyl (C=O) groups is 1. The van der Waals surface area contributed by atoms with E-state index < -0.39 is 5.24 Å². The summed E-state index contributed by atoms with van der Waals surface area (Å²) >= 11 is 5.18. The molecule has 0 radical (unpaired) electrons. The molecule has 2 aromatic rings.